The maximum atomic E-state index is 9.82. The zero-order valence-electron chi connectivity index (χ0n) is 10.7. The van der Waals surface area contributed by atoms with Crippen molar-refractivity contribution in [1.29, 1.82) is 0 Å². The number of rotatable bonds is 3. The number of fused-ring (bicyclic) bond motifs is 1. The van der Waals surface area contributed by atoms with E-state index >= 15 is 0 Å². The third-order valence-corrected chi connectivity index (χ3v) is 4.15. The zero-order chi connectivity index (χ0) is 12.4. The molecular weight excluding hydrogens is 226 g/mol. The van der Waals surface area contributed by atoms with Crippen molar-refractivity contribution in [1.82, 2.24) is 5.32 Å². The van der Waals surface area contributed by atoms with E-state index in [1.54, 1.807) is 6.07 Å². The summed E-state index contributed by atoms with van der Waals surface area (Å²) >= 11 is 0. The average Bonchev–Trinajstić information content (AvgIpc) is 2.82. The van der Waals surface area contributed by atoms with Crippen molar-refractivity contribution in [2.45, 2.75) is 31.7 Å². The van der Waals surface area contributed by atoms with E-state index in [2.05, 4.69) is 11.4 Å². The lowest BCUT2D eigenvalue weighted by atomic mass is 10.0. The van der Waals surface area contributed by atoms with E-state index in [1.807, 2.05) is 6.07 Å². The van der Waals surface area contributed by atoms with Crippen molar-refractivity contribution >= 4 is 0 Å². The standard InChI is InChI=1S/C15H21NO2/c17-15-5-1-4-12-13(15)6-7-14(12)16-9-11-3-2-8-18-10-11/h1,4-5,11,14,16-17H,2-3,6-10H2. The van der Waals surface area contributed by atoms with Crippen LogP contribution in [-0.4, -0.2) is 24.9 Å². The van der Waals surface area contributed by atoms with Gasteiger partial charge in [0.15, 0.2) is 0 Å². The molecule has 1 aromatic carbocycles. The highest BCUT2D eigenvalue weighted by molar-refractivity contribution is 5.44. The largest absolute Gasteiger partial charge is 0.508 e. The van der Waals surface area contributed by atoms with Gasteiger partial charge in [-0.2, -0.15) is 0 Å². The van der Waals surface area contributed by atoms with Crippen LogP contribution in [-0.2, 0) is 11.2 Å². The van der Waals surface area contributed by atoms with E-state index in [0.717, 1.165) is 38.2 Å². The molecule has 0 amide bonds. The Labute approximate surface area is 108 Å². The van der Waals surface area contributed by atoms with Crippen LogP contribution in [0.5, 0.6) is 5.75 Å². The molecule has 1 saturated heterocycles. The molecule has 1 heterocycles. The Morgan fingerprint density at radius 2 is 2.28 bits per heavy atom. The molecule has 1 aliphatic carbocycles. The van der Waals surface area contributed by atoms with Gasteiger partial charge in [-0.25, -0.2) is 0 Å². The van der Waals surface area contributed by atoms with Crippen LogP contribution in [0, 0.1) is 5.92 Å². The monoisotopic (exact) mass is 247 g/mol. The number of hydrogen-bond acceptors (Lipinski definition) is 3. The molecule has 3 heteroatoms. The number of phenols is 1. The Bertz CT molecular complexity index is 413. The first-order chi connectivity index (χ1) is 8.84. The highest BCUT2D eigenvalue weighted by Gasteiger charge is 2.25. The van der Waals surface area contributed by atoms with Gasteiger partial charge in [-0.05, 0) is 48.8 Å². The molecule has 2 atom stereocenters. The minimum absolute atomic E-state index is 0.411. The van der Waals surface area contributed by atoms with Crippen LogP contribution >= 0.6 is 0 Å². The molecule has 3 rings (SSSR count). The van der Waals surface area contributed by atoms with E-state index in [0.29, 0.717) is 17.7 Å². The van der Waals surface area contributed by atoms with Crippen LogP contribution in [0.15, 0.2) is 18.2 Å². The van der Waals surface area contributed by atoms with E-state index in [4.69, 9.17) is 4.74 Å². The van der Waals surface area contributed by atoms with Gasteiger partial charge in [0.05, 0.1) is 6.61 Å². The highest BCUT2D eigenvalue weighted by atomic mass is 16.5. The summed E-state index contributed by atoms with van der Waals surface area (Å²) in [7, 11) is 0. The normalized spacial score (nSPS) is 27.1. The molecule has 1 fully saturated rings. The molecule has 18 heavy (non-hydrogen) atoms. The summed E-state index contributed by atoms with van der Waals surface area (Å²) in [4.78, 5) is 0. The number of nitrogens with one attached hydrogen (secondary N) is 1. The van der Waals surface area contributed by atoms with Crippen LogP contribution in [0.3, 0.4) is 0 Å². The average molecular weight is 247 g/mol. The molecule has 1 aliphatic heterocycles. The summed E-state index contributed by atoms with van der Waals surface area (Å²) in [5, 5.41) is 13.5. The zero-order valence-corrected chi connectivity index (χ0v) is 10.7. The lowest BCUT2D eigenvalue weighted by Gasteiger charge is -2.24. The fourth-order valence-electron chi connectivity index (χ4n) is 3.12. The Morgan fingerprint density at radius 1 is 1.33 bits per heavy atom. The van der Waals surface area contributed by atoms with Crippen LogP contribution in [0.4, 0.5) is 0 Å². The SMILES string of the molecule is Oc1cccc2c1CCC2NCC1CCCOC1. The lowest BCUT2D eigenvalue weighted by Crippen LogP contribution is -2.31. The summed E-state index contributed by atoms with van der Waals surface area (Å²) in [5.41, 5.74) is 2.42. The molecule has 2 aliphatic rings. The second kappa shape index (κ2) is 5.29. The van der Waals surface area contributed by atoms with Crippen molar-refractivity contribution in [2.75, 3.05) is 19.8 Å². The molecule has 0 aromatic heterocycles. The molecule has 98 valence electrons. The fourth-order valence-corrected chi connectivity index (χ4v) is 3.12. The van der Waals surface area contributed by atoms with Crippen molar-refractivity contribution in [2.24, 2.45) is 5.92 Å². The highest BCUT2D eigenvalue weighted by Crippen LogP contribution is 2.36. The number of hydrogen-bond donors (Lipinski definition) is 2. The Morgan fingerprint density at radius 3 is 3.11 bits per heavy atom. The van der Waals surface area contributed by atoms with Crippen molar-refractivity contribution < 1.29 is 9.84 Å². The summed E-state index contributed by atoms with van der Waals surface area (Å²) in [6.45, 7) is 2.85. The maximum Gasteiger partial charge on any atom is 0.119 e. The molecular formula is C15H21NO2. The van der Waals surface area contributed by atoms with Gasteiger partial charge < -0.3 is 15.2 Å². The topological polar surface area (TPSA) is 41.5 Å². The summed E-state index contributed by atoms with van der Waals surface area (Å²) in [6.07, 6.45) is 4.54. The van der Waals surface area contributed by atoms with Gasteiger partial charge in [-0.3, -0.25) is 0 Å². The van der Waals surface area contributed by atoms with Crippen LogP contribution in [0.1, 0.15) is 36.4 Å². The van der Waals surface area contributed by atoms with E-state index in [9.17, 15) is 5.11 Å². The maximum absolute atomic E-state index is 9.82. The number of ether oxygens (including phenoxy) is 1. The van der Waals surface area contributed by atoms with Gasteiger partial charge in [0.25, 0.3) is 0 Å². The molecule has 3 nitrogen and oxygen atoms in total. The second-order valence-electron chi connectivity index (χ2n) is 5.43. The third-order valence-electron chi connectivity index (χ3n) is 4.15. The first-order valence-electron chi connectivity index (χ1n) is 6.96. The first kappa shape index (κ1) is 12.0. The van der Waals surface area contributed by atoms with Crippen molar-refractivity contribution in [3.8, 4) is 5.75 Å². The molecule has 0 saturated carbocycles. The molecule has 0 bridgehead atoms. The van der Waals surface area contributed by atoms with Gasteiger partial charge >= 0.3 is 0 Å². The van der Waals surface area contributed by atoms with Crippen LogP contribution in [0.2, 0.25) is 0 Å². The smallest absolute Gasteiger partial charge is 0.119 e. The molecule has 0 spiro atoms. The second-order valence-corrected chi connectivity index (χ2v) is 5.43. The van der Waals surface area contributed by atoms with Gasteiger partial charge in [0.2, 0.25) is 0 Å². The molecule has 2 unspecified atom stereocenters. The van der Waals surface area contributed by atoms with E-state index < -0.39 is 0 Å². The van der Waals surface area contributed by atoms with Gasteiger partial charge in [0, 0.05) is 19.2 Å². The fraction of sp³-hybridized carbons (Fsp3) is 0.600. The Hall–Kier alpha value is -1.06. The predicted octanol–water partition coefficient (Wildman–Crippen LogP) is 2.40. The van der Waals surface area contributed by atoms with Crippen LogP contribution < -0.4 is 5.32 Å². The van der Waals surface area contributed by atoms with Crippen LogP contribution in [0.25, 0.3) is 0 Å². The summed E-state index contributed by atoms with van der Waals surface area (Å²) < 4.78 is 5.51. The van der Waals surface area contributed by atoms with Gasteiger partial charge in [-0.15, -0.1) is 0 Å². The summed E-state index contributed by atoms with van der Waals surface area (Å²) in [6, 6.07) is 6.28. The summed E-state index contributed by atoms with van der Waals surface area (Å²) in [5.74, 6) is 1.11. The molecule has 2 N–H and O–H groups in total. The predicted molar refractivity (Wildman–Crippen MR) is 70.7 cm³/mol. The lowest BCUT2D eigenvalue weighted by molar-refractivity contribution is 0.0538. The van der Waals surface area contributed by atoms with Gasteiger partial charge in [-0.1, -0.05) is 12.1 Å². The third kappa shape index (κ3) is 2.38. The van der Waals surface area contributed by atoms with Gasteiger partial charge in [0.1, 0.15) is 5.75 Å². The minimum atomic E-state index is 0.411. The first-order valence-corrected chi connectivity index (χ1v) is 6.96. The molecule has 0 radical (unpaired) electrons. The number of phenolic OH excluding ortho intramolecular Hbond substituents is 1. The minimum Gasteiger partial charge on any atom is -0.508 e. The van der Waals surface area contributed by atoms with Crippen molar-refractivity contribution in [3.63, 3.8) is 0 Å². The Kier molecular flexibility index (Phi) is 3.52. The van der Waals surface area contributed by atoms with E-state index in [-0.39, 0.29) is 0 Å². The number of benzene rings is 1. The van der Waals surface area contributed by atoms with E-state index in [1.165, 1.54) is 18.4 Å². The number of aromatic hydroxyl groups is 1. The molecule has 1 aromatic rings. The van der Waals surface area contributed by atoms with Crippen molar-refractivity contribution in [3.05, 3.63) is 29.3 Å². The Balaban J connectivity index is 1.60. The quantitative estimate of drug-likeness (QED) is 0.861.